The van der Waals surface area contributed by atoms with Crippen LogP contribution in [0.4, 0.5) is 22.2 Å². The number of methoxy groups -OCH3 is 1. The van der Waals surface area contributed by atoms with Crippen molar-refractivity contribution in [2.75, 3.05) is 28.8 Å². The summed E-state index contributed by atoms with van der Waals surface area (Å²) in [6, 6.07) is 19.9. The fraction of sp³-hybridized carbons (Fsp3) is 0.154. The molecule has 0 aliphatic rings. The topological polar surface area (TPSA) is 105 Å². The first-order valence-electron chi connectivity index (χ1n) is 11.1. The number of ether oxygens (including phenoxy) is 1. The van der Waals surface area contributed by atoms with E-state index in [4.69, 9.17) is 4.74 Å². The summed E-state index contributed by atoms with van der Waals surface area (Å²) in [4.78, 5) is 25.0. The van der Waals surface area contributed by atoms with Gasteiger partial charge in [-0.05, 0) is 67.4 Å². The lowest BCUT2D eigenvalue weighted by molar-refractivity contribution is -0.113. The van der Waals surface area contributed by atoms with Gasteiger partial charge in [0, 0.05) is 16.9 Å². The quantitative estimate of drug-likeness (QED) is 0.237. The minimum atomic E-state index is -0.269. The summed E-state index contributed by atoms with van der Waals surface area (Å²) in [7, 11) is 1.55. The van der Waals surface area contributed by atoms with Crippen molar-refractivity contribution < 1.29 is 14.3 Å². The molecule has 0 aliphatic carbocycles. The number of amides is 2. The van der Waals surface area contributed by atoms with Crippen LogP contribution in [0.15, 0.2) is 71.1 Å². The Bertz CT molecular complexity index is 1370. The van der Waals surface area contributed by atoms with E-state index in [2.05, 4.69) is 46.1 Å². The Balaban J connectivity index is 1.27. The first-order chi connectivity index (χ1) is 17.4. The smallest absolute Gasteiger partial charge is 0.255 e. The zero-order chi connectivity index (χ0) is 25.5. The second-order valence-electron chi connectivity index (χ2n) is 7.81. The predicted molar refractivity (Wildman–Crippen MR) is 146 cm³/mol. The summed E-state index contributed by atoms with van der Waals surface area (Å²) >= 11 is 2.71. The highest BCUT2D eigenvalue weighted by Gasteiger charge is 2.12. The maximum atomic E-state index is 12.6. The minimum Gasteiger partial charge on any atom is -0.495 e. The number of aryl methyl sites for hydroxylation is 1. The molecule has 3 N–H and O–H groups in total. The summed E-state index contributed by atoms with van der Waals surface area (Å²) in [5.74, 6) is 0.324. The van der Waals surface area contributed by atoms with Gasteiger partial charge < -0.3 is 20.7 Å². The van der Waals surface area contributed by atoms with E-state index in [0.29, 0.717) is 32.2 Å². The number of para-hydroxylation sites is 2. The van der Waals surface area contributed by atoms with Gasteiger partial charge in [-0.3, -0.25) is 9.59 Å². The van der Waals surface area contributed by atoms with Gasteiger partial charge in [-0.15, -0.1) is 10.2 Å². The molecule has 0 fully saturated rings. The van der Waals surface area contributed by atoms with E-state index in [1.165, 1.54) is 28.7 Å². The van der Waals surface area contributed by atoms with Gasteiger partial charge in [0.2, 0.25) is 11.0 Å². The number of hydrogen-bond acceptors (Lipinski definition) is 8. The molecule has 0 saturated heterocycles. The monoisotopic (exact) mass is 519 g/mol. The fourth-order valence-electron chi connectivity index (χ4n) is 3.29. The molecule has 0 aliphatic heterocycles. The molecule has 0 atom stereocenters. The molecule has 1 heterocycles. The Morgan fingerprint density at radius 1 is 0.917 bits per heavy atom. The van der Waals surface area contributed by atoms with E-state index < -0.39 is 0 Å². The molecule has 0 saturated carbocycles. The van der Waals surface area contributed by atoms with E-state index in [1.807, 2.05) is 24.3 Å². The van der Waals surface area contributed by atoms with Crippen LogP contribution in [0.5, 0.6) is 5.75 Å². The second kappa shape index (κ2) is 11.7. The van der Waals surface area contributed by atoms with Gasteiger partial charge in [0.05, 0.1) is 18.6 Å². The molecule has 4 aromatic rings. The van der Waals surface area contributed by atoms with Gasteiger partial charge in [0.1, 0.15) is 5.75 Å². The van der Waals surface area contributed by atoms with E-state index in [1.54, 1.807) is 43.5 Å². The van der Waals surface area contributed by atoms with E-state index >= 15 is 0 Å². The number of nitrogens with zero attached hydrogens (tertiary/aromatic N) is 2. The fourth-order valence-corrected chi connectivity index (χ4v) is 4.86. The van der Waals surface area contributed by atoms with Crippen LogP contribution in [0.1, 0.15) is 21.5 Å². The molecule has 2 amide bonds. The van der Waals surface area contributed by atoms with Crippen LogP contribution in [0.3, 0.4) is 0 Å². The SMILES string of the molecule is COc1ccccc1NC(=O)c1ccc(NC(=O)CSc2nnc(Nc3cccc(C)c3C)s2)cc1. The number of carbonyl (C=O) groups is 2. The molecule has 0 bridgehead atoms. The molecule has 184 valence electrons. The van der Waals surface area contributed by atoms with Gasteiger partial charge in [-0.25, -0.2) is 0 Å². The van der Waals surface area contributed by atoms with Crippen molar-refractivity contribution in [3.8, 4) is 5.75 Å². The standard InChI is InChI=1S/C26H25N5O3S2/c1-16-7-6-9-20(17(16)2)29-25-30-31-26(36-25)35-15-23(32)27-19-13-11-18(12-14-19)24(33)28-21-8-4-5-10-22(21)34-3/h4-14H,15H2,1-3H3,(H,27,32)(H,28,33)(H,29,30). The third-order valence-corrected chi connectivity index (χ3v) is 7.34. The van der Waals surface area contributed by atoms with Crippen LogP contribution in [-0.4, -0.2) is 34.9 Å². The third kappa shape index (κ3) is 6.41. The van der Waals surface area contributed by atoms with Crippen molar-refractivity contribution in [2.45, 2.75) is 18.2 Å². The lowest BCUT2D eigenvalue weighted by Gasteiger charge is -2.10. The third-order valence-electron chi connectivity index (χ3n) is 5.37. The van der Waals surface area contributed by atoms with Crippen molar-refractivity contribution >= 4 is 57.1 Å². The summed E-state index contributed by atoms with van der Waals surface area (Å²) < 4.78 is 5.96. The molecule has 8 nitrogen and oxygen atoms in total. The zero-order valence-electron chi connectivity index (χ0n) is 20.0. The average Bonchev–Trinajstić information content (AvgIpc) is 3.33. The summed E-state index contributed by atoms with van der Waals surface area (Å²) in [6.07, 6.45) is 0. The van der Waals surface area contributed by atoms with Crippen LogP contribution in [0.2, 0.25) is 0 Å². The van der Waals surface area contributed by atoms with Crippen molar-refractivity contribution in [1.29, 1.82) is 0 Å². The molecule has 3 aromatic carbocycles. The van der Waals surface area contributed by atoms with Gasteiger partial charge in [-0.2, -0.15) is 0 Å². The van der Waals surface area contributed by atoms with Crippen LogP contribution in [0, 0.1) is 13.8 Å². The minimum absolute atomic E-state index is 0.175. The molecule has 4 rings (SSSR count). The summed E-state index contributed by atoms with van der Waals surface area (Å²) in [5, 5.41) is 18.0. The number of hydrogen-bond donors (Lipinski definition) is 3. The molecule has 36 heavy (non-hydrogen) atoms. The highest BCUT2D eigenvalue weighted by Crippen LogP contribution is 2.29. The molecular formula is C26H25N5O3S2. The molecule has 0 spiro atoms. The van der Waals surface area contributed by atoms with Crippen LogP contribution >= 0.6 is 23.1 Å². The predicted octanol–water partition coefficient (Wildman–Crippen LogP) is 5.89. The average molecular weight is 520 g/mol. The van der Waals surface area contributed by atoms with Gasteiger partial charge >= 0.3 is 0 Å². The zero-order valence-corrected chi connectivity index (χ0v) is 21.6. The summed E-state index contributed by atoms with van der Waals surface area (Å²) in [5.41, 5.74) is 4.99. The summed E-state index contributed by atoms with van der Waals surface area (Å²) in [6.45, 7) is 4.11. The molecule has 10 heteroatoms. The molecule has 1 aromatic heterocycles. The highest BCUT2D eigenvalue weighted by molar-refractivity contribution is 8.01. The number of carbonyl (C=O) groups excluding carboxylic acids is 2. The van der Waals surface area contributed by atoms with Crippen molar-refractivity contribution in [3.63, 3.8) is 0 Å². The van der Waals surface area contributed by atoms with Crippen molar-refractivity contribution in [2.24, 2.45) is 0 Å². The van der Waals surface area contributed by atoms with Crippen LogP contribution in [0.25, 0.3) is 0 Å². The Labute approximate surface area is 217 Å². The molecule has 0 radical (unpaired) electrons. The van der Waals surface area contributed by atoms with E-state index in [0.717, 1.165) is 11.3 Å². The Morgan fingerprint density at radius 2 is 1.67 bits per heavy atom. The highest BCUT2D eigenvalue weighted by atomic mass is 32.2. The maximum Gasteiger partial charge on any atom is 0.255 e. The lowest BCUT2D eigenvalue weighted by atomic mass is 10.1. The van der Waals surface area contributed by atoms with Gasteiger partial charge in [0.25, 0.3) is 5.91 Å². The first-order valence-corrected chi connectivity index (χ1v) is 12.9. The van der Waals surface area contributed by atoms with E-state index in [-0.39, 0.29) is 17.6 Å². The largest absolute Gasteiger partial charge is 0.495 e. The normalized spacial score (nSPS) is 10.5. The number of anilines is 4. The van der Waals surface area contributed by atoms with Crippen LogP contribution < -0.4 is 20.7 Å². The van der Waals surface area contributed by atoms with E-state index in [9.17, 15) is 9.59 Å². The number of benzene rings is 3. The number of rotatable bonds is 9. The van der Waals surface area contributed by atoms with Crippen LogP contribution in [-0.2, 0) is 4.79 Å². The van der Waals surface area contributed by atoms with Crippen molar-refractivity contribution in [3.05, 3.63) is 83.4 Å². The Morgan fingerprint density at radius 3 is 2.44 bits per heavy atom. The number of thioether (sulfide) groups is 1. The molecular weight excluding hydrogens is 494 g/mol. The molecule has 0 unspecified atom stereocenters. The van der Waals surface area contributed by atoms with Gasteiger partial charge in [0.15, 0.2) is 4.34 Å². The lowest BCUT2D eigenvalue weighted by Crippen LogP contribution is -2.15. The Kier molecular flexibility index (Phi) is 8.19. The van der Waals surface area contributed by atoms with Crippen molar-refractivity contribution in [1.82, 2.24) is 10.2 Å². The number of aromatic nitrogens is 2. The Hall–Kier alpha value is -3.89. The number of nitrogens with one attached hydrogen (secondary N) is 3. The van der Waals surface area contributed by atoms with Gasteiger partial charge in [-0.1, -0.05) is 47.4 Å². The first kappa shape index (κ1) is 25.2. The maximum absolute atomic E-state index is 12.6. The second-order valence-corrected chi connectivity index (χ2v) is 10.0.